The van der Waals surface area contributed by atoms with Gasteiger partial charge in [-0.15, -0.1) is 11.6 Å². The van der Waals surface area contributed by atoms with E-state index >= 15 is 0 Å². The predicted octanol–water partition coefficient (Wildman–Crippen LogP) is 3.34. The number of carbonyl (C=O) groups excluding carboxylic acids is 1. The molecule has 1 N–H and O–H groups in total. The third kappa shape index (κ3) is 3.65. The molecule has 0 saturated heterocycles. The number of carbonyl (C=O) groups is 1. The predicted molar refractivity (Wildman–Crippen MR) is 68.7 cm³/mol. The zero-order valence-electron chi connectivity index (χ0n) is 10.5. The lowest BCUT2D eigenvalue weighted by atomic mass is 9.77. The van der Waals surface area contributed by atoms with Gasteiger partial charge < -0.3 is 5.32 Å². The summed E-state index contributed by atoms with van der Waals surface area (Å²) >= 11 is 5.61. The van der Waals surface area contributed by atoms with Gasteiger partial charge in [0, 0.05) is 17.8 Å². The lowest BCUT2D eigenvalue weighted by Gasteiger charge is -2.29. The number of nitrogens with one attached hydrogen (secondary N) is 1. The molecule has 1 fully saturated rings. The number of rotatable bonds is 6. The first-order valence-electron chi connectivity index (χ1n) is 6.45. The summed E-state index contributed by atoms with van der Waals surface area (Å²) in [5, 5.41) is 3.05. The molecule has 16 heavy (non-hydrogen) atoms. The van der Waals surface area contributed by atoms with Crippen molar-refractivity contribution in [2.75, 3.05) is 12.4 Å². The van der Waals surface area contributed by atoms with E-state index in [1.807, 2.05) is 0 Å². The van der Waals surface area contributed by atoms with E-state index in [-0.39, 0.29) is 11.3 Å². The van der Waals surface area contributed by atoms with Crippen molar-refractivity contribution in [2.24, 2.45) is 11.3 Å². The van der Waals surface area contributed by atoms with Crippen LogP contribution < -0.4 is 5.32 Å². The Hall–Kier alpha value is -0.240. The van der Waals surface area contributed by atoms with E-state index in [1.165, 1.54) is 12.8 Å². The molecule has 0 bridgehead atoms. The quantitative estimate of drug-likeness (QED) is 0.565. The van der Waals surface area contributed by atoms with E-state index in [1.54, 1.807) is 0 Å². The molecule has 1 aliphatic rings. The smallest absolute Gasteiger partial charge is 0.226 e. The Morgan fingerprint density at radius 3 is 2.50 bits per heavy atom. The van der Waals surface area contributed by atoms with Gasteiger partial charge in [0.2, 0.25) is 5.91 Å². The summed E-state index contributed by atoms with van der Waals surface area (Å²) in [5.74, 6) is 1.48. The molecule has 94 valence electrons. The van der Waals surface area contributed by atoms with Gasteiger partial charge in [-0.1, -0.05) is 26.7 Å². The maximum atomic E-state index is 12.2. The fourth-order valence-corrected chi connectivity index (χ4v) is 2.95. The van der Waals surface area contributed by atoms with Crippen molar-refractivity contribution >= 4 is 17.5 Å². The van der Waals surface area contributed by atoms with E-state index in [0.29, 0.717) is 11.8 Å². The molecule has 0 aromatic rings. The van der Waals surface area contributed by atoms with Crippen LogP contribution >= 0.6 is 11.6 Å². The molecule has 1 saturated carbocycles. The highest BCUT2D eigenvalue weighted by atomic mass is 35.5. The molecule has 0 aromatic carbocycles. The summed E-state index contributed by atoms with van der Waals surface area (Å²) in [7, 11) is 0. The average molecular weight is 246 g/mol. The molecule has 0 atom stereocenters. The van der Waals surface area contributed by atoms with Crippen molar-refractivity contribution in [3.8, 4) is 0 Å². The lowest BCUT2D eigenvalue weighted by Crippen LogP contribution is -2.40. The monoisotopic (exact) mass is 245 g/mol. The van der Waals surface area contributed by atoms with Crippen LogP contribution in [0.25, 0.3) is 0 Å². The van der Waals surface area contributed by atoms with Gasteiger partial charge in [-0.2, -0.15) is 0 Å². The number of hydrogen-bond acceptors (Lipinski definition) is 1. The van der Waals surface area contributed by atoms with Crippen LogP contribution in [0.5, 0.6) is 0 Å². The standard InChI is InChI=1S/C13H24ClNO/c1-11(2)10-13(6-3-4-7-13)12(16)15-9-5-8-14/h11H,3-10H2,1-2H3,(H,15,16). The van der Waals surface area contributed by atoms with Gasteiger partial charge in [0.1, 0.15) is 0 Å². The number of alkyl halides is 1. The van der Waals surface area contributed by atoms with Gasteiger partial charge in [0.25, 0.3) is 0 Å². The van der Waals surface area contributed by atoms with Gasteiger partial charge in [-0.25, -0.2) is 0 Å². The number of hydrogen-bond donors (Lipinski definition) is 1. The van der Waals surface area contributed by atoms with Gasteiger partial charge in [0.15, 0.2) is 0 Å². The van der Waals surface area contributed by atoms with Crippen molar-refractivity contribution in [1.29, 1.82) is 0 Å². The topological polar surface area (TPSA) is 29.1 Å². The summed E-state index contributed by atoms with van der Waals surface area (Å²) < 4.78 is 0. The van der Waals surface area contributed by atoms with E-state index in [4.69, 9.17) is 11.6 Å². The van der Waals surface area contributed by atoms with E-state index < -0.39 is 0 Å². The second-order valence-corrected chi connectivity index (χ2v) is 5.76. The highest BCUT2D eigenvalue weighted by molar-refractivity contribution is 6.17. The molecular weight excluding hydrogens is 222 g/mol. The van der Waals surface area contributed by atoms with E-state index in [2.05, 4.69) is 19.2 Å². The molecule has 0 aromatic heterocycles. The third-order valence-electron chi connectivity index (χ3n) is 3.44. The molecule has 0 unspecified atom stereocenters. The Morgan fingerprint density at radius 2 is 2.00 bits per heavy atom. The molecule has 1 rings (SSSR count). The molecule has 0 radical (unpaired) electrons. The average Bonchev–Trinajstić information content (AvgIpc) is 2.67. The molecule has 2 nitrogen and oxygen atoms in total. The summed E-state index contributed by atoms with van der Waals surface area (Å²) in [6, 6.07) is 0. The van der Waals surface area contributed by atoms with Crippen LogP contribution in [0.2, 0.25) is 0 Å². The van der Waals surface area contributed by atoms with Crippen molar-refractivity contribution < 1.29 is 4.79 Å². The highest BCUT2D eigenvalue weighted by Gasteiger charge is 2.40. The van der Waals surface area contributed by atoms with Gasteiger partial charge in [-0.3, -0.25) is 4.79 Å². The Balaban J connectivity index is 2.51. The van der Waals surface area contributed by atoms with Crippen LogP contribution in [0.3, 0.4) is 0 Å². The molecule has 0 spiro atoms. The second-order valence-electron chi connectivity index (χ2n) is 5.38. The highest BCUT2D eigenvalue weighted by Crippen LogP contribution is 2.43. The molecule has 3 heteroatoms. The summed E-state index contributed by atoms with van der Waals surface area (Å²) in [6.45, 7) is 5.13. The van der Waals surface area contributed by atoms with Crippen LogP contribution in [0.4, 0.5) is 0 Å². The Morgan fingerprint density at radius 1 is 1.38 bits per heavy atom. The Kier molecular flexibility index (Phi) is 5.60. The van der Waals surface area contributed by atoms with Crippen LogP contribution in [0.1, 0.15) is 52.4 Å². The minimum Gasteiger partial charge on any atom is -0.356 e. The first-order chi connectivity index (χ1) is 7.60. The maximum Gasteiger partial charge on any atom is 0.226 e. The van der Waals surface area contributed by atoms with Crippen LogP contribution in [0.15, 0.2) is 0 Å². The first-order valence-corrected chi connectivity index (χ1v) is 6.98. The minimum atomic E-state index is -0.0690. The van der Waals surface area contributed by atoms with Crippen LogP contribution in [-0.4, -0.2) is 18.3 Å². The van der Waals surface area contributed by atoms with Crippen molar-refractivity contribution in [1.82, 2.24) is 5.32 Å². The van der Waals surface area contributed by atoms with Crippen LogP contribution in [0, 0.1) is 11.3 Å². The lowest BCUT2D eigenvalue weighted by molar-refractivity contribution is -0.131. The summed E-state index contributed by atoms with van der Waals surface area (Å²) in [6.07, 6.45) is 6.44. The fraction of sp³-hybridized carbons (Fsp3) is 0.923. The van der Waals surface area contributed by atoms with Crippen molar-refractivity contribution in [3.05, 3.63) is 0 Å². The molecule has 1 aliphatic carbocycles. The Bertz CT molecular complexity index is 222. The Labute approximate surface area is 104 Å². The van der Waals surface area contributed by atoms with Crippen molar-refractivity contribution in [2.45, 2.75) is 52.4 Å². The SMILES string of the molecule is CC(C)CC1(C(=O)NCCCCl)CCCC1. The number of amides is 1. The molecule has 0 aliphatic heterocycles. The zero-order chi connectivity index (χ0) is 12.0. The van der Waals surface area contributed by atoms with Gasteiger partial charge >= 0.3 is 0 Å². The van der Waals surface area contributed by atoms with Crippen LogP contribution in [-0.2, 0) is 4.79 Å². The summed E-state index contributed by atoms with van der Waals surface area (Å²) in [5.41, 5.74) is -0.0690. The van der Waals surface area contributed by atoms with E-state index in [0.717, 1.165) is 32.2 Å². The largest absolute Gasteiger partial charge is 0.356 e. The zero-order valence-corrected chi connectivity index (χ0v) is 11.3. The normalized spacial score (nSPS) is 19.0. The molecule has 0 heterocycles. The van der Waals surface area contributed by atoms with Crippen molar-refractivity contribution in [3.63, 3.8) is 0 Å². The molecular formula is C13H24ClNO. The number of halogens is 1. The maximum absolute atomic E-state index is 12.2. The molecule has 1 amide bonds. The second kappa shape index (κ2) is 6.48. The fourth-order valence-electron chi connectivity index (χ4n) is 2.81. The van der Waals surface area contributed by atoms with E-state index in [9.17, 15) is 4.79 Å². The first kappa shape index (κ1) is 13.8. The summed E-state index contributed by atoms with van der Waals surface area (Å²) in [4.78, 5) is 12.2. The van der Waals surface area contributed by atoms with Gasteiger partial charge in [-0.05, 0) is 31.6 Å². The minimum absolute atomic E-state index is 0.0690. The van der Waals surface area contributed by atoms with Gasteiger partial charge in [0.05, 0.1) is 0 Å². The third-order valence-corrected chi connectivity index (χ3v) is 3.70.